The molecule has 0 atom stereocenters. The Morgan fingerprint density at radius 2 is 1.00 bits per heavy atom. The van der Waals surface area contributed by atoms with Crippen LogP contribution in [0.4, 0.5) is 0 Å². The van der Waals surface area contributed by atoms with Crippen molar-refractivity contribution in [3.8, 4) is 71.5 Å². The molecule has 0 fully saturated rings. The largest absolute Gasteiger partial charge is 0.507 e. The summed E-state index contributed by atoms with van der Waals surface area (Å²) in [5.74, 6) is 0.205. The predicted molar refractivity (Wildman–Crippen MR) is 229 cm³/mol. The number of phenolic OH excluding ortho intramolecular Hbond substituents is 1. The lowest BCUT2D eigenvalue weighted by Crippen LogP contribution is -1.93. The van der Waals surface area contributed by atoms with Gasteiger partial charge in [0.25, 0.3) is 0 Å². The van der Waals surface area contributed by atoms with Gasteiger partial charge in [-0.05, 0) is 83.8 Å². The average molecular weight is 729 g/mol. The number of fused-ring (bicyclic) bond motifs is 4. The van der Waals surface area contributed by atoms with E-state index < -0.39 is 0 Å². The summed E-state index contributed by atoms with van der Waals surface area (Å²) in [6, 6.07) is 59.1. The van der Waals surface area contributed by atoms with Crippen LogP contribution in [0.5, 0.6) is 5.75 Å². The van der Waals surface area contributed by atoms with Crippen molar-refractivity contribution in [3.63, 3.8) is 0 Å². The molecule has 0 spiro atoms. The monoisotopic (exact) mass is 728 g/mol. The molecule has 3 nitrogen and oxygen atoms in total. The van der Waals surface area contributed by atoms with Crippen molar-refractivity contribution >= 4 is 53.6 Å². The number of thiophene rings is 2. The fraction of sp³-hybridized carbons (Fsp3) is 0.0204. The number of aromatic hydroxyl groups is 1. The first-order chi connectivity index (χ1) is 26.6. The molecule has 54 heavy (non-hydrogen) atoms. The van der Waals surface area contributed by atoms with Gasteiger partial charge in [-0.15, -0.1) is 22.7 Å². The van der Waals surface area contributed by atoms with E-state index in [9.17, 15) is 5.11 Å². The number of nitrogens with zero attached hydrogens (tertiary/aromatic N) is 2. The van der Waals surface area contributed by atoms with E-state index in [1.54, 1.807) is 6.07 Å². The second-order valence-corrected chi connectivity index (χ2v) is 15.7. The van der Waals surface area contributed by atoms with Gasteiger partial charge in [-0.25, -0.2) is 4.98 Å². The lowest BCUT2D eigenvalue weighted by atomic mass is 9.98. The molecule has 0 unspecified atom stereocenters. The lowest BCUT2D eigenvalue weighted by Gasteiger charge is -2.12. The molecular weight excluding hydrogens is 697 g/mol. The molecule has 0 saturated carbocycles. The second kappa shape index (κ2) is 13.2. The fourth-order valence-corrected chi connectivity index (χ4v) is 9.88. The molecule has 6 aromatic carbocycles. The molecule has 4 heterocycles. The van der Waals surface area contributed by atoms with Gasteiger partial charge in [0.2, 0.25) is 0 Å². The van der Waals surface area contributed by atoms with E-state index in [0.29, 0.717) is 5.56 Å². The van der Waals surface area contributed by atoms with Gasteiger partial charge in [0.15, 0.2) is 0 Å². The average Bonchev–Trinajstić information content (AvgIpc) is 3.80. The van der Waals surface area contributed by atoms with Crippen molar-refractivity contribution in [1.82, 2.24) is 9.97 Å². The molecule has 0 aliphatic carbocycles. The molecule has 10 aromatic rings. The van der Waals surface area contributed by atoms with Gasteiger partial charge in [-0.1, -0.05) is 115 Å². The minimum Gasteiger partial charge on any atom is -0.507 e. The first-order valence-electron chi connectivity index (χ1n) is 17.9. The van der Waals surface area contributed by atoms with Crippen LogP contribution in [0.15, 0.2) is 170 Å². The minimum atomic E-state index is 0.205. The number of rotatable bonds is 6. The zero-order valence-electron chi connectivity index (χ0n) is 29.3. The Balaban J connectivity index is 1.07. The van der Waals surface area contributed by atoms with Gasteiger partial charge in [-0.2, -0.15) is 0 Å². The van der Waals surface area contributed by atoms with E-state index in [1.807, 2.05) is 65.1 Å². The van der Waals surface area contributed by atoms with Gasteiger partial charge < -0.3 is 5.11 Å². The predicted octanol–water partition coefficient (Wildman–Crippen LogP) is 14.1. The number of aryl methyl sites for hydroxylation is 1. The van der Waals surface area contributed by atoms with Gasteiger partial charge >= 0.3 is 0 Å². The quantitative estimate of drug-likeness (QED) is 0.185. The van der Waals surface area contributed by atoms with Crippen LogP contribution < -0.4 is 0 Å². The molecule has 0 radical (unpaired) electrons. The SMILES string of the molecule is Cc1cc(-c2sc(-c3ccc4c(c3)sc3ccccc34)c3ccccc23)cc(-c2cccc(-c3cc(-c4ccccc4)cc(-c4ccccc4O)n3)c2)n1. The molecule has 0 aliphatic rings. The number of benzene rings is 6. The third kappa shape index (κ3) is 5.75. The molecule has 4 aromatic heterocycles. The number of aromatic nitrogens is 2. The molecule has 256 valence electrons. The molecule has 0 aliphatic heterocycles. The van der Waals surface area contributed by atoms with Crippen LogP contribution in [-0.4, -0.2) is 15.1 Å². The molecule has 10 rings (SSSR count). The molecule has 0 saturated heterocycles. The van der Waals surface area contributed by atoms with E-state index in [1.165, 1.54) is 46.3 Å². The smallest absolute Gasteiger partial charge is 0.124 e. The van der Waals surface area contributed by atoms with Crippen molar-refractivity contribution in [1.29, 1.82) is 0 Å². The molecule has 0 bridgehead atoms. The highest BCUT2D eigenvalue weighted by Crippen LogP contribution is 2.46. The maximum atomic E-state index is 10.8. The first-order valence-corrected chi connectivity index (χ1v) is 19.6. The van der Waals surface area contributed by atoms with Crippen LogP contribution in [0.1, 0.15) is 5.69 Å². The summed E-state index contributed by atoms with van der Waals surface area (Å²) in [4.78, 5) is 12.7. The molecule has 1 N–H and O–H groups in total. The van der Waals surface area contributed by atoms with Crippen LogP contribution in [0, 0.1) is 6.92 Å². The van der Waals surface area contributed by atoms with Crippen LogP contribution in [0.25, 0.3) is 96.7 Å². The van der Waals surface area contributed by atoms with Crippen molar-refractivity contribution in [2.24, 2.45) is 0 Å². The Morgan fingerprint density at radius 1 is 0.389 bits per heavy atom. The number of para-hydroxylation sites is 1. The Hall–Kier alpha value is -6.40. The van der Waals surface area contributed by atoms with Crippen molar-refractivity contribution in [2.75, 3.05) is 0 Å². The van der Waals surface area contributed by atoms with E-state index in [4.69, 9.17) is 9.97 Å². The fourth-order valence-electron chi connectivity index (χ4n) is 7.48. The highest BCUT2D eigenvalue weighted by Gasteiger charge is 2.18. The van der Waals surface area contributed by atoms with Crippen LogP contribution in [0.2, 0.25) is 0 Å². The van der Waals surface area contributed by atoms with E-state index in [2.05, 4.69) is 128 Å². The summed E-state index contributed by atoms with van der Waals surface area (Å²) in [6.45, 7) is 2.08. The molecular formula is C49H32N2OS2. The zero-order valence-corrected chi connectivity index (χ0v) is 31.0. The van der Waals surface area contributed by atoms with Crippen LogP contribution in [0.3, 0.4) is 0 Å². The first kappa shape index (κ1) is 32.3. The third-order valence-electron chi connectivity index (χ3n) is 10.0. The summed E-state index contributed by atoms with van der Waals surface area (Å²) in [5, 5.41) is 15.9. The van der Waals surface area contributed by atoms with Gasteiger partial charge in [0.05, 0.1) is 17.1 Å². The number of pyridine rings is 2. The Kier molecular flexibility index (Phi) is 7.90. The zero-order chi connectivity index (χ0) is 36.2. The number of hydrogen-bond donors (Lipinski definition) is 1. The highest BCUT2D eigenvalue weighted by molar-refractivity contribution is 7.26. The van der Waals surface area contributed by atoms with Crippen molar-refractivity contribution in [2.45, 2.75) is 6.92 Å². The summed E-state index contributed by atoms with van der Waals surface area (Å²) in [5.41, 5.74) is 10.6. The maximum absolute atomic E-state index is 10.8. The van der Waals surface area contributed by atoms with Crippen LogP contribution in [-0.2, 0) is 0 Å². The molecule has 5 heteroatoms. The lowest BCUT2D eigenvalue weighted by molar-refractivity contribution is 0.477. The topological polar surface area (TPSA) is 46.0 Å². The Morgan fingerprint density at radius 3 is 1.80 bits per heavy atom. The summed E-state index contributed by atoms with van der Waals surface area (Å²) < 4.78 is 2.63. The standard InChI is InChI=1S/C49H32N2OS2/c1-30-24-36(49-40-18-6-5-17-39(40)48(54-49)34-22-23-38-37-16-8-10-21-46(37)53-47(38)29-34)28-42(50-30)32-14-11-15-33(25-32)43-26-35(31-12-3-2-4-13-31)27-44(51-43)41-19-7-9-20-45(41)52/h2-29,52H,1H3. The van der Waals surface area contributed by atoms with Gasteiger partial charge in [0.1, 0.15) is 5.75 Å². The van der Waals surface area contributed by atoms with E-state index >= 15 is 0 Å². The third-order valence-corrected chi connectivity index (χ3v) is 12.5. The maximum Gasteiger partial charge on any atom is 0.124 e. The Bertz CT molecular complexity index is 3030. The van der Waals surface area contributed by atoms with Crippen LogP contribution >= 0.6 is 22.7 Å². The summed E-state index contributed by atoms with van der Waals surface area (Å²) in [6.07, 6.45) is 0. The van der Waals surface area contributed by atoms with Crippen molar-refractivity contribution in [3.05, 3.63) is 176 Å². The highest BCUT2D eigenvalue weighted by atomic mass is 32.1. The summed E-state index contributed by atoms with van der Waals surface area (Å²) in [7, 11) is 0. The normalized spacial score (nSPS) is 11.5. The number of hydrogen-bond acceptors (Lipinski definition) is 5. The second-order valence-electron chi connectivity index (χ2n) is 13.6. The number of phenols is 1. The minimum absolute atomic E-state index is 0.205. The van der Waals surface area contributed by atoms with E-state index in [0.717, 1.165) is 50.6 Å². The van der Waals surface area contributed by atoms with Gasteiger partial charge in [-0.3, -0.25) is 4.98 Å². The molecule has 0 amide bonds. The summed E-state index contributed by atoms with van der Waals surface area (Å²) >= 11 is 3.71. The van der Waals surface area contributed by atoms with Gasteiger partial charge in [0, 0.05) is 63.1 Å². The van der Waals surface area contributed by atoms with Crippen molar-refractivity contribution < 1.29 is 5.11 Å². The van der Waals surface area contributed by atoms with E-state index in [-0.39, 0.29) is 5.75 Å². The Labute approximate surface area is 321 Å².